The summed E-state index contributed by atoms with van der Waals surface area (Å²) in [5.74, 6) is -0.866. The van der Waals surface area contributed by atoms with Gasteiger partial charge in [-0.25, -0.2) is 9.97 Å². The summed E-state index contributed by atoms with van der Waals surface area (Å²) in [6, 6.07) is 9.77. The van der Waals surface area contributed by atoms with Gasteiger partial charge < -0.3 is 0 Å². The molecule has 0 bridgehead atoms. The normalized spacial score (nSPS) is 10.7. The van der Waals surface area contributed by atoms with E-state index in [0.29, 0.717) is 11.2 Å². The fourth-order valence-electron chi connectivity index (χ4n) is 1.73. The molecule has 0 aliphatic heterocycles. The first-order chi connectivity index (χ1) is 8.75. The SMILES string of the molecule is O=C(c1ccccc1)c1cc(F)n2cncc2n1. The zero-order chi connectivity index (χ0) is 12.5. The number of aromatic nitrogens is 3. The summed E-state index contributed by atoms with van der Waals surface area (Å²) in [5, 5.41) is 0. The van der Waals surface area contributed by atoms with Crippen molar-refractivity contribution in [2.75, 3.05) is 0 Å². The van der Waals surface area contributed by atoms with Crippen LogP contribution in [0, 0.1) is 5.95 Å². The second kappa shape index (κ2) is 4.03. The minimum Gasteiger partial charge on any atom is -0.287 e. The minimum absolute atomic E-state index is 0.0756. The molecule has 3 aromatic rings. The van der Waals surface area contributed by atoms with Crippen LogP contribution in [0.5, 0.6) is 0 Å². The maximum atomic E-state index is 13.7. The molecular formula is C13H8FN3O. The van der Waals surface area contributed by atoms with E-state index in [4.69, 9.17) is 0 Å². The lowest BCUT2D eigenvalue weighted by atomic mass is 10.1. The van der Waals surface area contributed by atoms with Crippen LogP contribution in [0.1, 0.15) is 16.1 Å². The van der Waals surface area contributed by atoms with Crippen molar-refractivity contribution in [3.05, 3.63) is 66.1 Å². The number of carbonyl (C=O) groups is 1. The number of benzene rings is 1. The highest BCUT2D eigenvalue weighted by molar-refractivity contribution is 6.07. The topological polar surface area (TPSA) is 47.3 Å². The molecule has 0 atom stereocenters. The van der Waals surface area contributed by atoms with Crippen LogP contribution in [-0.2, 0) is 0 Å². The smallest absolute Gasteiger partial charge is 0.211 e. The Morgan fingerprint density at radius 3 is 2.78 bits per heavy atom. The number of ketones is 1. The molecule has 18 heavy (non-hydrogen) atoms. The Morgan fingerprint density at radius 1 is 1.22 bits per heavy atom. The molecular weight excluding hydrogens is 233 g/mol. The Labute approximate surface area is 102 Å². The molecule has 1 aromatic carbocycles. The van der Waals surface area contributed by atoms with Crippen molar-refractivity contribution in [2.45, 2.75) is 0 Å². The number of nitrogens with zero attached hydrogens (tertiary/aromatic N) is 3. The molecule has 5 heteroatoms. The zero-order valence-corrected chi connectivity index (χ0v) is 9.25. The Morgan fingerprint density at radius 2 is 2.00 bits per heavy atom. The lowest BCUT2D eigenvalue weighted by Gasteiger charge is -2.02. The van der Waals surface area contributed by atoms with Gasteiger partial charge >= 0.3 is 0 Å². The van der Waals surface area contributed by atoms with E-state index in [-0.39, 0.29) is 11.5 Å². The Balaban J connectivity index is 2.12. The van der Waals surface area contributed by atoms with E-state index < -0.39 is 5.95 Å². The largest absolute Gasteiger partial charge is 0.287 e. The van der Waals surface area contributed by atoms with Crippen molar-refractivity contribution in [2.24, 2.45) is 0 Å². The van der Waals surface area contributed by atoms with Crippen molar-refractivity contribution in [1.82, 2.24) is 14.4 Å². The average Bonchev–Trinajstić information content (AvgIpc) is 2.88. The molecule has 2 heterocycles. The van der Waals surface area contributed by atoms with E-state index >= 15 is 0 Å². The highest BCUT2D eigenvalue weighted by atomic mass is 19.1. The van der Waals surface area contributed by atoms with E-state index in [1.807, 2.05) is 6.07 Å². The quantitative estimate of drug-likeness (QED) is 0.510. The van der Waals surface area contributed by atoms with Crippen LogP contribution in [0.15, 0.2) is 48.9 Å². The van der Waals surface area contributed by atoms with Crippen LogP contribution in [0.3, 0.4) is 0 Å². The van der Waals surface area contributed by atoms with Gasteiger partial charge in [0.25, 0.3) is 0 Å². The van der Waals surface area contributed by atoms with Gasteiger partial charge in [-0.3, -0.25) is 9.20 Å². The summed E-state index contributed by atoms with van der Waals surface area (Å²) < 4.78 is 14.9. The average molecular weight is 241 g/mol. The molecule has 0 unspecified atom stereocenters. The predicted molar refractivity (Wildman–Crippen MR) is 62.8 cm³/mol. The monoisotopic (exact) mass is 241 g/mol. The first-order valence-corrected chi connectivity index (χ1v) is 5.34. The summed E-state index contributed by atoms with van der Waals surface area (Å²) in [4.78, 5) is 20.0. The van der Waals surface area contributed by atoms with Crippen LogP contribution >= 0.6 is 0 Å². The van der Waals surface area contributed by atoms with Gasteiger partial charge in [-0.2, -0.15) is 4.39 Å². The first-order valence-electron chi connectivity index (χ1n) is 5.34. The van der Waals surface area contributed by atoms with Gasteiger partial charge in [-0.05, 0) is 0 Å². The summed E-state index contributed by atoms with van der Waals surface area (Å²) in [6.45, 7) is 0. The second-order valence-corrected chi connectivity index (χ2v) is 3.78. The van der Waals surface area contributed by atoms with Crippen LogP contribution in [-0.4, -0.2) is 20.2 Å². The van der Waals surface area contributed by atoms with Crippen molar-refractivity contribution < 1.29 is 9.18 Å². The van der Waals surface area contributed by atoms with Gasteiger partial charge in [-0.1, -0.05) is 30.3 Å². The van der Waals surface area contributed by atoms with Gasteiger partial charge in [0.15, 0.2) is 5.65 Å². The molecule has 0 aliphatic carbocycles. The number of rotatable bonds is 2. The highest BCUT2D eigenvalue weighted by Crippen LogP contribution is 2.11. The lowest BCUT2D eigenvalue weighted by molar-refractivity contribution is 0.103. The van der Waals surface area contributed by atoms with Gasteiger partial charge in [0.2, 0.25) is 11.7 Å². The summed E-state index contributed by atoms with van der Waals surface area (Å²) in [6.07, 6.45) is 2.72. The molecule has 0 aliphatic rings. The molecule has 0 radical (unpaired) electrons. The fraction of sp³-hybridized carbons (Fsp3) is 0. The third-order valence-electron chi connectivity index (χ3n) is 2.61. The van der Waals surface area contributed by atoms with Crippen molar-refractivity contribution >= 4 is 11.4 Å². The Kier molecular flexibility index (Phi) is 2.37. The number of fused-ring (bicyclic) bond motifs is 1. The van der Waals surface area contributed by atoms with Crippen LogP contribution < -0.4 is 0 Å². The van der Waals surface area contributed by atoms with Crippen molar-refractivity contribution in [3.63, 3.8) is 0 Å². The molecule has 0 spiro atoms. The summed E-state index contributed by atoms with van der Waals surface area (Å²) >= 11 is 0. The predicted octanol–water partition coefficient (Wildman–Crippen LogP) is 2.10. The van der Waals surface area contributed by atoms with Crippen molar-refractivity contribution in [1.29, 1.82) is 0 Å². The number of carbonyl (C=O) groups excluding carboxylic acids is 1. The molecule has 3 rings (SSSR count). The molecule has 0 N–H and O–H groups in total. The third-order valence-corrected chi connectivity index (χ3v) is 2.61. The van der Waals surface area contributed by atoms with Gasteiger partial charge in [-0.15, -0.1) is 0 Å². The molecule has 88 valence electrons. The van der Waals surface area contributed by atoms with E-state index in [0.717, 1.165) is 6.07 Å². The lowest BCUT2D eigenvalue weighted by Crippen LogP contribution is -2.07. The van der Waals surface area contributed by atoms with E-state index in [1.54, 1.807) is 24.3 Å². The maximum absolute atomic E-state index is 13.7. The number of hydrogen-bond acceptors (Lipinski definition) is 3. The van der Waals surface area contributed by atoms with E-state index in [2.05, 4.69) is 9.97 Å². The van der Waals surface area contributed by atoms with Crippen LogP contribution in [0.25, 0.3) is 5.65 Å². The Bertz CT molecular complexity index is 721. The zero-order valence-electron chi connectivity index (χ0n) is 9.25. The number of halogens is 1. The summed E-state index contributed by atoms with van der Waals surface area (Å²) in [5.41, 5.74) is 0.870. The molecule has 2 aromatic heterocycles. The van der Waals surface area contributed by atoms with Crippen LogP contribution in [0.4, 0.5) is 4.39 Å². The second-order valence-electron chi connectivity index (χ2n) is 3.78. The van der Waals surface area contributed by atoms with Crippen molar-refractivity contribution in [3.8, 4) is 0 Å². The molecule has 0 saturated carbocycles. The first kappa shape index (κ1) is 10.6. The van der Waals surface area contributed by atoms with Gasteiger partial charge in [0.1, 0.15) is 12.0 Å². The standard InChI is InChI=1S/C13H8FN3O/c14-11-6-10(16-12-7-15-8-17(11)12)13(18)9-4-2-1-3-5-9/h1-8H. The number of imidazole rings is 1. The molecule has 0 amide bonds. The maximum Gasteiger partial charge on any atom is 0.211 e. The number of hydrogen-bond donors (Lipinski definition) is 0. The Hall–Kier alpha value is -2.56. The molecule has 4 nitrogen and oxygen atoms in total. The van der Waals surface area contributed by atoms with Crippen LogP contribution in [0.2, 0.25) is 0 Å². The third kappa shape index (κ3) is 1.66. The molecule has 0 fully saturated rings. The fourth-order valence-corrected chi connectivity index (χ4v) is 1.73. The van der Waals surface area contributed by atoms with Gasteiger partial charge in [0, 0.05) is 11.6 Å². The minimum atomic E-state index is -0.559. The summed E-state index contributed by atoms with van der Waals surface area (Å²) in [7, 11) is 0. The van der Waals surface area contributed by atoms with E-state index in [1.165, 1.54) is 16.9 Å². The van der Waals surface area contributed by atoms with Gasteiger partial charge in [0.05, 0.1) is 6.20 Å². The highest BCUT2D eigenvalue weighted by Gasteiger charge is 2.13. The molecule has 0 saturated heterocycles. The van der Waals surface area contributed by atoms with E-state index in [9.17, 15) is 9.18 Å².